The first-order valence-corrected chi connectivity index (χ1v) is 26.5. The summed E-state index contributed by atoms with van der Waals surface area (Å²) in [6.07, 6.45) is 70.7. The molecule has 0 heterocycles. The second kappa shape index (κ2) is 52.7. The molecule has 0 aromatic heterocycles. The summed E-state index contributed by atoms with van der Waals surface area (Å²) in [6, 6.07) is 0. The molecular weight excluding hydrogens is 805 g/mol. The van der Waals surface area contributed by atoms with Crippen LogP contribution in [0.25, 0.3) is 0 Å². The number of ether oxygens (including phenoxy) is 3. The lowest BCUT2D eigenvalue weighted by Crippen LogP contribution is -2.30. The lowest BCUT2D eigenvalue weighted by molar-refractivity contribution is -0.167. The molecule has 0 rings (SSSR count). The Kier molecular flexibility index (Phi) is 49.5. The van der Waals surface area contributed by atoms with Gasteiger partial charge in [-0.3, -0.25) is 14.4 Å². The summed E-state index contributed by atoms with van der Waals surface area (Å²) in [5.41, 5.74) is 0. The maximum absolute atomic E-state index is 12.8. The van der Waals surface area contributed by atoms with E-state index in [1.165, 1.54) is 77.0 Å². The first-order chi connectivity index (χ1) is 32.0. The number of hydrogen-bond acceptors (Lipinski definition) is 6. The molecule has 0 aliphatic carbocycles. The summed E-state index contributed by atoms with van der Waals surface area (Å²) < 4.78 is 16.7. The summed E-state index contributed by atoms with van der Waals surface area (Å²) in [5, 5.41) is 0. The van der Waals surface area contributed by atoms with E-state index in [4.69, 9.17) is 14.2 Å². The zero-order valence-electron chi connectivity index (χ0n) is 42.0. The maximum Gasteiger partial charge on any atom is 0.306 e. The van der Waals surface area contributed by atoms with Crippen LogP contribution in [0.5, 0.6) is 0 Å². The Labute approximate surface area is 400 Å². The number of hydrogen-bond donors (Lipinski definition) is 0. The van der Waals surface area contributed by atoms with Crippen LogP contribution in [0.4, 0.5) is 0 Å². The lowest BCUT2D eigenvalue weighted by atomic mass is 10.1. The van der Waals surface area contributed by atoms with Crippen LogP contribution in [0, 0.1) is 0 Å². The molecule has 0 fully saturated rings. The number of esters is 3. The normalized spacial score (nSPS) is 13.0. The molecule has 65 heavy (non-hydrogen) atoms. The molecule has 0 saturated carbocycles. The van der Waals surface area contributed by atoms with Gasteiger partial charge in [-0.25, -0.2) is 0 Å². The van der Waals surface area contributed by atoms with E-state index in [1.54, 1.807) is 0 Å². The van der Waals surface area contributed by atoms with E-state index in [0.29, 0.717) is 12.8 Å². The van der Waals surface area contributed by atoms with Crippen molar-refractivity contribution in [3.8, 4) is 0 Å². The lowest BCUT2D eigenvalue weighted by Gasteiger charge is -2.18. The molecule has 0 aromatic carbocycles. The number of allylic oxidation sites excluding steroid dienone is 18. The molecule has 0 aliphatic heterocycles. The highest BCUT2D eigenvalue weighted by Gasteiger charge is 2.19. The zero-order chi connectivity index (χ0) is 47.2. The predicted molar refractivity (Wildman–Crippen MR) is 279 cm³/mol. The van der Waals surface area contributed by atoms with Crippen LogP contribution in [0.3, 0.4) is 0 Å². The van der Waals surface area contributed by atoms with Gasteiger partial charge in [0.25, 0.3) is 0 Å². The quantitative estimate of drug-likeness (QED) is 0.0262. The highest BCUT2D eigenvalue weighted by molar-refractivity contribution is 5.71. The van der Waals surface area contributed by atoms with Gasteiger partial charge in [-0.1, -0.05) is 226 Å². The van der Waals surface area contributed by atoms with Crippen LogP contribution in [0.2, 0.25) is 0 Å². The first kappa shape index (κ1) is 61.1. The molecule has 0 saturated heterocycles. The Hall–Kier alpha value is -3.93. The molecule has 0 aliphatic rings. The number of rotatable bonds is 46. The van der Waals surface area contributed by atoms with Crippen molar-refractivity contribution in [1.82, 2.24) is 0 Å². The van der Waals surface area contributed by atoms with Crippen molar-refractivity contribution < 1.29 is 28.6 Å². The Morgan fingerprint density at radius 2 is 0.600 bits per heavy atom. The summed E-state index contributed by atoms with van der Waals surface area (Å²) in [4.78, 5) is 38.0. The third-order valence-electron chi connectivity index (χ3n) is 10.9. The van der Waals surface area contributed by atoms with E-state index in [1.807, 2.05) is 36.5 Å². The molecule has 6 nitrogen and oxygen atoms in total. The number of carbonyl (C=O) groups excluding carboxylic acids is 3. The van der Waals surface area contributed by atoms with E-state index < -0.39 is 6.10 Å². The second-order valence-corrected chi connectivity index (χ2v) is 17.2. The molecule has 0 N–H and O–H groups in total. The molecule has 0 aromatic rings. The molecule has 368 valence electrons. The number of unbranched alkanes of at least 4 members (excludes halogenated alkanes) is 23. The summed E-state index contributed by atoms with van der Waals surface area (Å²) >= 11 is 0. The van der Waals surface area contributed by atoms with Gasteiger partial charge >= 0.3 is 17.9 Å². The van der Waals surface area contributed by atoms with E-state index in [-0.39, 0.29) is 37.5 Å². The van der Waals surface area contributed by atoms with Crippen molar-refractivity contribution in [2.24, 2.45) is 0 Å². The second-order valence-electron chi connectivity index (χ2n) is 17.2. The fourth-order valence-corrected chi connectivity index (χ4v) is 6.91. The van der Waals surface area contributed by atoms with Gasteiger partial charge in [0, 0.05) is 19.3 Å². The third-order valence-corrected chi connectivity index (χ3v) is 10.9. The molecule has 0 bridgehead atoms. The minimum Gasteiger partial charge on any atom is -0.462 e. The van der Waals surface area contributed by atoms with Crippen molar-refractivity contribution in [3.63, 3.8) is 0 Å². The van der Waals surface area contributed by atoms with Crippen molar-refractivity contribution >= 4 is 17.9 Å². The zero-order valence-corrected chi connectivity index (χ0v) is 42.0. The van der Waals surface area contributed by atoms with E-state index in [2.05, 4.69) is 93.7 Å². The van der Waals surface area contributed by atoms with Crippen molar-refractivity contribution in [3.05, 3.63) is 109 Å². The monoisotopic (exact) mass is 901 g/mol. The van der Waals surface area contributed by atoms with Crippen LogP contribution in [-0.4, -0.2) is 37.2 Å². The van der Waals surface area contributed by atoms with Crippen LogP contribution in [-0.2, 0) is 28.6 Å². The van der Waals surface area contributed by atoms with Crippen molar-refractivity contribution in [1.29, 1.82) is 0 Å². The van der Waals surface area contributed by atoms with Crippen LogP contribution < -0.4 is 0 Å². The molecule has 1 unspecified atom stereocenters. The van der Waals surface area contributed by atoms with Gasteiger partial charge in [0.2, 0.25) is 0 Å². The molecular formula is C59H96O6. The first-order valence-electron chi connectivity index (χ1n) is 26.5. The van der Waals surface area contributed by atoms with E-state index in [9.17, 15) is 14.4 Å². The smallest absolute Gasteiger partial charge is 0.306 e. The van der Waals surface area contributed by atoms with Crippen LogP contribution in [0.1, 0.15) is 226 Å². The van der Waals surface area contributed by atoms with Crippen molar-refractivity contribution in [2.75, 3.05) is 13.2 Å². The highest BCUT2D eigenvalue weighted by atomic mass is 16.6. The molecule has 6 heteroatoms. The highest BCUT2D eigenvalue weighted by Crippen LogP contribution is 2.13. The Balaban J connectivity index is 4.53. The summed E-state index contributed by atoms with van der Waals surface area (Å²) in [7, 11) is 0. The largest absolute Gasteiger partial charge is 0.462 e. The fraction of sp³-hybridized carbons (Fsp3) is 0.644. The summed E-state index contributed by atoms with van der Waals surface area (Å²) in [5.74, 6) is -1.00. The molecule has 1 atom stereocenters. The van der Waals surface area contributed by atoms with E-state index in [0.717, 1.165) is 109 Å². The van der Waals surface area contributed by atoms with Gasteiger partial charge in [-0.05, 0) is 89.9 Å². The molecule has 0 spiro atoms. The average Bonchev–Trinajstić information content (AvgIpc) is 3.30. The minimum atomic E-state index is -0.818. The topological polar surface area (TPSA) is 78.9 Å². The fourth-order valence-electron chi connectivity index (χ4n) is 6.91. The Bertz CT molecular complexity index is 1360. The maximum atomic E-state index is 12.8. The Morgan fingerprint density at radius 3 is 0.969 bits per heavy atom. The van der Waals surface area contributed by atoms with Gasteiger partial charge in [0.15, 0.2) is 6.10 Å². The third kappa shape index (κ3) is 50.9. The molecule has 0 radical (unpaired) electrons. The van der Waals surface area contributed by atoms with E-state index >= 15 is 0 Å². The van der Waals surface area contributed by atoms with Crippen molar-refractivity contribution in [2.45, 2.75) is 232 Å². The summed E-state index contributed by atoms with van der Waals surface area (Å²) in [6.45, 7) is 6.39. The van der Waals surface area contributed by atoms with Crippen LogP contribution in [0.15, 0.2) is 109 Å². The van der Waals surface area contributed by atoms with Gasteiger partial charge in [-0.2, -0.15) is 0 Å². The Morgan fingerprint density at radius 1 is 0.323 bits per heavy atom. The standard InChI is InChI=1S/C59H96O6/c1-4-7-10-13-16-19-22-25-27-29-30-32-34-37-40-43-46-49-52-58(61)64-55-56(54-63-57(60)51-48-45-42-39-36-33-24-21-18-15-12-9-6-3)65-59(62)53-50-47-44-41-38-35-31-28-26-23-20-17-14-11-8-5-2/h9,12,15,18,21-22,24-25,27-33,35-36,38,56H,4-8,10-11,13-14,16-17,19-20,23,26,34,37,39-55H2,1-3H3/b12-9+,18-15+,24-21+,25-22+,29-27+,31-28+,32-30+,36-33+,38-35+. The predicted octanol–water partition coefficient (Wildman–Crippen LogP) is 17.5. The van der Waals surface area contributed by atoms with Gasteiger partial charge in [0.1, 0.15) is 13.2 Å². The van der Waals surface area contributed by atoms with Gasteiger partial charge in [0.05, 0.1) is 0 Å². The van der Waals surface area contributed by atoms with Gasteiger partial charge < -0.3 is 14.2 Å². The molecule has 0 amide bonds. The van der Waals surface area contributed by atoms with Crippen LogP contribution >= 0.6 is 0 Å². The average molecular weight is 901 g/mol. The van der Waals surface area contributed by atoms with Gasteiger partial charge in [-0.15, -0.1) is 0 Å². The SMILES string of the molecule is CC/C=C/C=C/C=C/C=C/CCCCCC(=O)OCC(COC(=O)CCCCCCC/C=C/C=C/C=C/CCCCCCC)OC(=O)CCCCC/C=C/C=C/CCCCCCCCC. The number of carbonyl (C=O) groups is 3. The minimum absolute atomic E-state index is 0.114.